The normalized spacial score (nSPS) is 10.7. The Morgan fingerprint density at radius 2 is 1.75 bits per heavy atom. The van der Waals surface area contributed by atoms with E-state index in [-0.39, 0.29) is 12.4 Å². The van der Waals surface area contributed by atoms with Crippen molar-refractivity contribution in [3.05, 3.63) is 78.1 Å². The number of nitrogens with zero attached hydrogens (tertiary/aromatic N) is 1. The molecule has 166 valence electrons. The molecular formula is C26H27NO5. The molecule has 3 rings (SSSR count). The molecule has 0 unspecified atom stereocenters. The number of methoxy groups -OCH3 is 1. The van der Waals surface area contributed by atoms with E-state index in [1.165, 1.54) is 0 Å². The number of ether oxygens (including phenoxy) is 4. The number of rotatable bonds is 11. The summed E-state index contributed by atoms with van der Waals surface area (Å²) in [5.74, 6) is 2.10. The molecule has 6 heteroatoms. The van der Waals surface area contributed by atoms with E-state index >= 15 is 0 Å². The van der Waals surface area contributed by atoms with Crippen molar-refractivity contribution in [3.8, 4) is 23.0 Å². The SMILES string of the molecule is CCOc1cc(/C=C/c2ccccn2)ccc1OC(=O)CCCOc1ccc(OC)cc1. The Kier molecular flexibility index (Phi) is 8.69. The van der Waals surface area contributed by atoms with Gasteiger partial charge in [0.05, 0.1) is 26.0 Å². The van der Waals surface area contributed by atoms with Crippen LogP contribution in [0, 0.1) is 0 Å². The Bertz CT molecular complexity index is 1020. The Balaban J connectivity index is 1.52. The second-order valence-corrected chi connectivity index (χ2v) is 6.83. The highest BCUT2D eigenvalue weighted by atomic mass is 16.6. The lowest BCUT2D eigenvalue weighted by molar-refractivity contribution is -0.134. The molecule has 0 radical (unpaired) electrons. The first kappa shape index (κ1) is 22.9. The highest BCUT2D eigenvalue weighted by Gasteiger charge is 2.11. The first-order valence-corrected chi connectivity index (χ1v) is 10.5. The highest BCUT2D eigenvalue weighted by molar-refractivity contribution is 5.74. The second-order valence-electron chi connectivity index (χ2n) is 6.83. The van der Waals surface area contributed by atoms with Crippen molar-refractivity contribution in [1.82, 2.24) is 4.98 Å². The fourth-order valence-corrected chi connectivity index (χ4v) is 2.89. The zero-order valence-electron chi connectivity index (χ0n) is 18.3. The quantitative estimate of drug-likeness (QED) is 0.228. The molecule has 0 fully saturated rings. The summed E-state index contributed by atoms with van der Waals surface area (Å²) in [6.07, 6.45) is 6.38. The van der Waals surface area contributed by atoms with Gasteiger partial charge in [-0.1, -0.05) is 18.2 Å². The van der Waals surface area contributed by atoms with Crippen LogP contribution in [0.3, 0.4) is 0 Å². The molecule has 0 amide bonds. The van der Waals surface area contributed by atoms with Crippen molar-refractivity contribution in [2.75, 3.05) is 20.3 Å². The Hall–Kier alpha value is -3.80. The number of aromatic nitrogens is 1. The molecular weight excluding hydrogens is 406 g/mol. The monoisotopic (exact) mass is 433 g/mol. The number of pyridine rings is 1. The maximum absolute atomic E-state index is 12.3. The first-order valence-electron chi connectivity index (χ1n) is 10.5. The maximum atomic E-state index is 12.3. The van der Waals surface area contributed by atoms with Crippen LogP contribution in [0.1, 0.15) is 31.0 Å². The summed E-state index contributed by atoms with van der Waals surface area (Å²) < 4.78 is 22.0. The topological polar surface area (TPSA) is 66.9 Å². The van der Waals surface area contributed by atoms with Crippen LogP contribution in [0.4, 0.5) is 0 Å². The summed E-state index contributed by atoms with van der Waals surface area (Å²) >= 11 is 0. The standard InChI is InChI=1S/C26H27NO5/c1-3-30-25-19-20(9-11-21-7-4-5-17-27-21)10-16-24(25)32-26(28)8-6-18-31-23-14-12-22(29-2)13-15-23/h4-5,7,9-17,19H,3,6,8,18H2,1-2H3/b11-9+. The first-order chi connectivity index (χ1) is 15.7. The zero-order valence-corrected chi connectivity index (χ0v) is 18.3. The van der Waals surface area contributed by atoms with Crippen molar-refractivity contribution in [2.45, 2.75) is 19.8 Å². The number of carbonyl (C=O) groups excluding carboxylic acids is 1. The van der Waals surface area contributed by atoms with E-state index in [4.69, 9.17) is 18.9 Å². The molecule has 1 heterocycles. The summed E-state index contributed by atoms with van der Waals surface area (Å²) in [4.78, 5) is 16.6. The average Bonchev–Trinajstić information content (AvgIpc) is 2.83. The van der Waals surface area contributed by atoms with Crippen LogP contribution < -0.4 is 18.9 Å². The fourth-order valence-electron chi connectivity index (χ4n) is 2.89. The van der Waals surface area contributed by atoms with E-state index in [9.17, 15) is 4.79 Å². The zero-order chi connectivity index (χ0) is 22.6. The molecule has 0 aliphatic rings. The number of benzene rings is 2. The van der Waals surface area contributed by atoms with Gasteiger partial charge in [0, 0.05) is 12.6 Å². The predicted molar refractivity (Wildman–Crippen MR) is 124 cm³/mol. The van der Waals surface area contributed by atoms with Gasteiger partial charge in [-0.15, -0.1) is 0 Å². The minimum absolute atomic E-state index is 0.239. The molecule has 0 saturated carbocycles. The molecule has 0 spiro atoms. The Morgan fingerprint density at radius 3 is 2.47 bits per heavy atom. The minimum atomic E-state index is -0.332. The Morgan fingerprint density at radius 1 is 0.938 bits per heavy atom. The van der Waals surface area contributed by atoms with Gasteiger partial charge in [-0.25, -0.2) is 0 Å². The molecule has 0 atom stereocenters. The smallest absolute Gasteiger partial charge is 0.311 e. The third kappa shape index (κ3) is 7.16. The predicted octanol–water partition coefficient (Wildman–Crippen LogP) is 5.42. The number of hydrogen-bond acceptors (Lipinski definition) is 6. The van der Waals surface area contributed by atoms with Gasteiger partial charge in [-0.3, -0.25) is 9.78 Å². The third-order valence-electron chi connectivity index (χ3n) is 4.48. The summed E-state index contributed by atoms with van der Waals surface area (Å²) in [6, 6.07) is 18.5. The molecule has 32 heavy (non-hydrogen) atoms. The lowest BCUT2D eigenvalue weighted by Gasteiger charge is -2.12. The van der Waals surface area contributed by atoms with Crippen LogP contribution in [0.5, 0.6) is 23.0 Å². The van der Waals surface area contributed by atoms with Crippen molar-refractivity contribution < 1.29 is 23.7 Å². The van der Waals surface area contributed by atoms with Crippen LogP contribution in [0.15, 0.2) is 66.9 Å². The summed E-state index contributed by atoms with van der Waals surface area (Å²) in [6.45, 7) is 2.77. The molecule has 0 bridgehead atoms. The number of carbonyl (C=O) groups is 1. The Labute approximate surface area is 188 Å². The van der Waals surface area contributed by atoms with E-state index in [1.54, 1.807) is 19.4 Å². The third-order valence-corrected chi connectivity index (χ3v) is 4.48. The molecule has 2 aromatic carbocycles. The maximum Gasteiger partial charge on any atom is 0.311 e. The van der Waals surface area contributed by atoms with E-state index in [0.29, 0.717) is 31.1 Å². The second kappa shape index (κ2) is 12.2. The van der Waals surface area contributed by atoms with Gasteiger partial charge in [0.15, 0.2) is 11.5 Å². The largest absolute Gasteiger partial charge is 0.497 e. The molecule has 6 nitrogen and oxygen atoms in total. The van der Waals surface area contributed by atoms with Gasteiger partial charge in [-0.05, 0) is 73.5 Å². The summed E-state index contributed by atoms with van der Waals surface area (Å²) in [5, 5.41) is 0. The van der Waals surface area contributed by atoms with Crippen molar-refractivity contribution in [1.29, 1.82) is 0 Å². The van der Waals surface area contributed by atoms with Gasteiger partial charge in [-0.2, -0.15) is 0 Å². The molecule has 0 N–H and O–H groups in total. The molecule has 0 aliphatic heterocycles. The summed E-state index contributed by atoms with van der Waals surface area (Å²) in [5.41, 5.74) is 1.78. The van der Waals surface area contributed by atoms with Crippen LogP contribution >= 0.6 is 0 Å². The van der Waals surface area contributed by atoms with E-state index < -0.39 is 0 Å². The number of esters is 1. The van der Waals surface area contributed by atoms with Gasteiger partial charge < -0.3 is 18.9 Å². The van der Waals surface area contributed by atoms with Gasteiger partial charge in [0.25, 0.3) is 0 Å². The summed E-state index contributed by atoms with van der Waals surface area (Å²) in [7, 11) is 1.62. The van der Waals surface area contributed by atoms with Gasteiger partial charge >= 0.3 is 5.97 Å². The lowest BCUT2D eigenvalue weighted by atomic mass is 10.1. The lowest BCUT2D eigenvalue weighted by Crippen LogP contribution is -2.11. The number of hydrogen-bond donors (Lipinski definition) is 0. The van der Waals surface area contributed by atoms with Crippen molar-refractivity contribution in [3.63, 3.8) is 0 Å². The molecule has 1 aromatic heterocycles. The molecule has 0 saturated heterocycles. The van der Waals surface area contributed by atoms with Crippen molar-refractivity contribution >= 4 is 18.1 Å². The highest BCUT2D eigenvalue weighted by Crippen LogP contribution is 2.29. The average molecular weight is 434 g/mol. The van der Waals surface area contributed by atoms with E-state index in [2.05, 4.69) is 4.98 Å². The van der Waals surface area contributed by atoms with Gasteiger partial charge in [0.2, 0.25) is 0 Å². The van der Waals surface area contributed by atoms with E-state index in [0.717, 1.165) is 22.8 Å². The van der Waals surface area contributed by atoms with Crippen LogP contribution in [0.25, 0.3) is 12.2 Å². The molecule has 0 aliphatic carbocycles. The molecule has 3 aromatic rings. The van der Waals surface area contributed by atoms with Crippen LogP contribution in [-0.2, 0) is 4.79 Å². The van der Waals surface area contributed by atoms with Gasteiger partial charge in [0.1, 0.15) is 11.5 Å². The van der Waals surface area contributed by atoms with Crippen LogP contribution in [0.2, 0.25) is 0 Å². The van der Waals surface area contributed by atoms with Crippen molar-refractivity contribution in [2.24, 2.45) is 0 Å². The minimum Gasteiger partial charge on any atom is -0.497 e. The fraction of sp³-hybridized carbons (Fsp3) is 0.231. The van der Waals surface area contributed by atoms with E-state index in [1.807, 2.05) is 73.7 Å². The van der Waals surface area contributed by atoms with Crippen LogP contribution in [-0.4, -0.2) is 31.3 Å².